The Morgan fingerprint density at radius 2 is 2.24 bits per heavy atom. The van der Waals surface area contributed by atoms with Gasteiger partial charge in [-0.15, -0.1) is 5.10 Å². The predicted octanol–water partition coefficient (Wildman–Crippen LogP) is 1.72. The maximum absolute atomic E-state index is 5.02. The van der Waals surface area contributed by atoms with Gasteiger partial charge in [0.25, 0.3) is 0 Å². The number of nitrogens with zero attached hydrogens (tertiary/aromatic N) is 5. The van der Waals surface area contributed by atoms with Crippen LogP contribution < -0.4 is 5.32 Å². The lowest BCUT2D eigenvalue weighted by Crippen LogP contribution is -2.36. The number of rotatable bonds is 8. The number of aryl methyl sites for hydroxylation is 1. The lowest BCUT2D eigenvalue weighted by atomic mass is 9.93. The van der Waals surface area contributed by atoms with Crippen molar-refractivity contribution in [3.63, 3.8) is 0 Å². The molecule has 0 saturated carbocycles. The molecule has 0 unspecified atom stereocenters. The van der Waals surface area contributed by atoms with E-state index in [0.29, 0.717) is 12.5 Å². The van der Waals surface area contributed by atoms with Crippen LogP contribution in [0.15, 0.2) is 24.7 Å². The number of ether oxygens (including phenoxy) is 1. The molecule has 0 bridgehead atoms. The third kappa shape index (κ3) is 5.24. The molecule has 3 heterocycles. The number of methoxy groups -OCH3 is 1. The van der Waals surface area contributed by atoms with E-state index in [4.69, 9.17) is 4.74 Å². The highest BCUT2D eigenvalue weighted by molar-refractivity contribution is 5.32. The Morgan fingerprint density at radius 1 is 1.32 bits per heavy atom. The topological polar surface area (TPSA) is 68.1 Å². The van der Waals surface area contributed by atoms with Gasteiger partial charge in [0.1, 0.15) is 5.82 Å². The molecule has 1 fully saturated rings. The smallest absolute Gasteiger partial charge is 0.148 e. The molecule has 25 heavy (non-hydrogen) atoms. The number of piperidine rings is 1. The maximum atomic E-state index is 5.02. The van der Waals surface area contributed by atoms with Crippen LogP contribution in [-0.2, 0) is 24.8 Å². The zero-order chi connectivity index (χ0) is 17.5. The van der Waals surface area contributed by atoms with E-state index in [0.717, 1.165) is 44.1 Å². The van der Waals surface area contributed by atoms with Gasteiger partial charge < -0.3 is 14.6 Å². The van der Waals surface area contributed by atoms with E-state index >= 15 is 0 Å². The highest BCUT2D eigenvalue weighted by Crippen LogP contribution is 2.21. The molecule has 2 aromatic rings. The van der Waals surface area contributed by atoms with Crippen molar-refractivity contribution in [1.82, 2.24) is 24.6 Å². The Balaban J connectivity index is 1.49. The van der Waals surface area contributed by atoms with Crippen LogP contribution in [-0.4, -0.2) is 58.0 Å². The van der Waals surface area contributed by atoms with E-state index in [1.165, 1.54) is 18.5 Å². The molecule has 0 aromatic carbocycles. The third-order valence-corrected chi connectivity index (χ3v) is 4.74. The maximum Gasteiger partial charge on any atom is 0.148 e. The number of hydrogen-bond donors (Lipinski definition) is 1. The molecule has 7 heteroatoms. The largest absolute Gasteiger partial charge is 0.383 e. The van der Waals surface area contributed by atoms with Crippen LogP contribution in [0.25, 0.3) is 0 Å². The van der Waals surface area contributed by atoms with Crippen LogP contribution in [0.2, 0.25) is 0 Å². The SMILES string of the molecule is COCCNc1ccc(C[C@H]2CCCN(Cc3cncn3C)C2)nn1. The first-order valence-electron chi connectivity index (χ1n) is 8.97. The van der Waals surface area contributed by atoms with Crippen LogP contribution in [0.1, 0.15) is 24.2 Å². The second-order valence-corrected chi connectivity index (χ2v) is 6.77. The minimum Gasteiger partial charge on any atom is -0.383 e. The van der Waals surface area contributed by atoms with Gasteiger partial charge in [-0.1, -0.05) is 0 Å². The van der Waals surface area contributed by atoms with E-state index in [1.54, 1.807) is 7.11 Å². The van der Waals surface area contributed by atoms with Crippen molar-refractivity contribution in [3.8, 4) is 0 Å². The van der Waals surface area contributed by atoms with E-state index in [9.17, 15) is 0 Å². The standard InChI is InChI=1S/C18H28N6O/c1-23-14-19-11-17(23)13-24-8-3-4-15(12-24)10-16-5-6-18(22-21-16)20-7-9-25-2/h5-6,11,14-15H,3-4,7-10,12-13H2,1-2H3,(H,20,22)/t15-/m1/s1. The number of imidazole rings is 1. The van der Waals surface area contributed by atoms with Gasteiger partial charge in [-0.25, -0.2) is 4.98 Å². The third-order valence-electron chi connectivity index (χ3n) is 4.74. The molecule has 0 aliphatic carbocycles. The average Bonchev–Trinajstić information content (AvgIpc) is 3.02. The monoisotopic (exact) mass is 344 g/mol. The lowest BCUT2D eigenvalue weighted by molar-refractivity contribution is 0.163. The summed E-state index contributed by atoms with van der Waals surface area (Å²) < 4.78 is 7.12. The van der Waals surface area contributed by atoms with Crippen molar-refractivity contribution in [3.05, 3.63) is 36.0 Å². The number of hydrogen-bond acceptors (Lipinski definition) is 6. The van der Waals surface area contributed by atoms with Gasteiger partial charge in [-0.3, -0.25) is 4.90 Å². The Bertz CT molecular complexity index is 641. The van der Waals surface area contributed by atoms with Crippen molar-refractivity contribution in [2.45, 2.75) is 25.8 Å². The molecule has 7 nitrogen and oxygen atoms in total. The van der Waals surface area contributed by atoms with Crippen LogP contribution in [0.3, 0.4) is 0 Å². The van der Waals surface area contributed by atoms with Crippen molar-refractivity contribution < 1.29 is 4.74 Å². The molecule has 0 radical (unpaired) electrons. The van der Waals surface area contributed by atoms with E-state index in [-0.39, 0.29) is 0 Å². The fourth-order valence-electron chi connectivity index (χ4n) is 3.37. The molecular formula is C18H28N6O. The molecule has 1 N–H and O–H groups in total. The quantitative estimate of drug-likeness (QED) is 0.736. The minimum atomic E-state index is 0.642. The number of nitrogens with one attached hydrogen (secondary N) is 1. The van der Waals surface area contributed by atoms with Gasteiger partial charge in [0.2, 0.25) is 0 Å². The summed E-state index contributed by atoms with van der Waals surface area (Å²) in [6.45, 7) is 4.66. The lowest BCUT2D eigenvalue weighted by Gasteiger charge is -2.32. The molecule has 2 aromatic heterocycles. The fourth-order valence-corrected chi connectivity index (χ4v) is 3.37. The first-order chi connectivity index (χ1) is 12.2. The summed E-state index contributed by atoms with van der Waals surface area (Å²) >= 11 is 0. The molecule has 3 rings (SSSR count). The van der Waals surface area contributed by atoms with E-state index in [1.807, 2.05) is 18.6 Å². The highest BCUT2D eigenvalue weighted by Gasteiger charge is 2.21. The zero-order valence-corrected chi connectivity index (χ0v) is 15.2. The summed E-state index contributed by atoms with van der Waals surface area (Å²) in [5.74, 6) is 1.45. The molecule has 136 valence electrons. The van der Waals surface area contributed by atoms with Crippen molar-refractivity contribution in [2.75, 3.05) is 38.7 Å². The normalized spacial score (nSPS) is 18.4. The molecular weight excluding hydrogens is 316 g/mol. The van der Waals surface area contributed by atoms with Gasteiger partial charge >= 0.3 is 0 Å². The average molecular weight is 344 g/mol. The Morgan fingerprint density at radius 3 is 2.96 bits per heavy atom. The summed E-state index contributed by atoms with van der Waals surface area (Å²) in [5, 5.41) is 11.8. The van der Waals surface area contributed by atoms with Gasteiger partial charge in [-0.05, 0) is 43.9 Å². The second-order valence-electron chi connectivity index (χ2n) is 6.77. The van der Waals surface area contributed by atoms with Crippen LogP contribution in [0.4, 0.5) is 5.82 Å². The zero-order valence-electron chi connectivity index (χ0n) is 15.2. The van der Waals surface area contributed by atoms with Gasteiger partial charge in [0.15, 0.2) is 0 Å². The van der Waals surface area contributed by atoms with Crippen molar-refractivity contribution in [1.29, 1.82) is 0 Å². The first-order valence-corrected chi connectivity index (χ1v) is 8.97. The summed E-state index contributed by atoms with van der Waals surface area (Å²) in [4.78, 5) is 6.74. The summed E-state index contributed by atoms with van der Waals surface area (Å²) in [6.07, 6.45) is 7.33. The summed E-state index contributed by atoms with van der Waals surface area (Å²) in [7, 11) is 3.75. The van der Waals surface area contributed by atoms with Gasteiger partial charge in [0, 0.05) is 40.0 Å². The molecule has 1 atom stereocenters. The Kier molecular flexibility index (Phi) is 6.36. The second kappa shape index (κ2) is 8.92. The van der Waals surface area contributed by atoms with E-state index in [2.05, 4.69) is 43.1 Å². The summed E-state index contributed by atoms with van der Waals surface area (Å²) in [5.41, 5.74) is 2.34. The molecule has 0 amide bonds. The van der Waals surface area contributed by atoms with Gasteiger partial charge in [0.05, 0.1) is 24.3 Å². The predicted molar refractivity (Wildman–Crippen MR) is 97.3 cm³/mol. The molecule has 1 aliphatic heterocycles. The number of aromatic nitrogens is 4. The van der Waals surface area contributed by atoms with Crippen molar-refractivity contribution >= 4 is 5.82 Å². The van der Waals surface area contributed by atoms with E-state index < -0.39 is 0 Å². The Hall–Kier alpha value is -1.99. The molecule has 1 saturated heterocycles. The number of likely N-dealkylation sites (tertiary alicyclic amines) is 1. The van der Waals surface area contributed by atoms with Crippen LogP contribution in [0.5, 0.6) is 0 Å². The van der Waals surface area contributed by atoms with Gasteiger partial charge in [-0.2, -0.15) is 5.10 Å². The minimum absolute atomic E-state index is 0.642. The number of anilines is 1. The Labute approximate surface area is 149 Å². The highest BCUT2D eigenvalue weighted by atomic mass is 16.5. The van der Waals surface area contributed by atoms with Crippen LogP contribution in [0, 0.1) is 5.92 Å². The summed E-state index contributed by atoms with van der Waals surface area (Å²) in [6, 6.07) is 4.09. The van der Waals surface area contributed by atoms with Crippen LogP contribution >= 0.6 is 0 Å². The fraction of sp³-hybridized carbons (Fsp3) is 0.611. The molecule has 0 spiro atoms. The first kappa shape index (κ1) is 17.8. The molecule has 1 aliphatic rings. The van der Waals surface area contributed by atoms with Crippen molar-refractivity contribution in [2.24, 2.45) is 13.0 Å².